The summed E-state index contributed by atoms with van der Waals surface area (Å²) in [7, 11) is 1.80. The fraction of sp³-hybridized carbons (Fsp3) is 1.00. The molecule has 0 aromatic heterocycles. The fourth-order valence-corrected chi connectivity index (χ4v) is 2.67. The first kappa shape index (κ1) is 19.9. The van der Waals surface area contributed by atoms with E-state index in [1.54, 1.807) is 7.11 Å². The molecule has 0 saturated heterocycles. The van der Waals surface area contributed by atoms with E-state index in [2.05, 4.69) is 19.2 Å². The summed E-state index contributed by atoms with van der Waals surface area (Å²) < 4.78 is 5.28. The van der Waals surface area contributed by atoms with Crippen molar-refractivity contribution in [3.8, 4) is 0 Å². The van der Waals surface area contributed by atoms with E-state index in [-0.39, 0.29) is 0 Å². The van der Waals surface area contributed by atoms with Gasteiger partial charge < -0.3 is 10.1 Å². The zero-order valence-electron chi connectivity index (χ0n) is 14.4. The monoisotopic (exact) mass is 285 g/mol. The second-order valence-corrected chi connectivity index (χ2v) is 6.08. The van der Waals surface area contributed by atoms with Crippen LogP contribution in [0.3, 0.4) is 0 Å². The van der Waals surface area contributed by atoms with Crippen molar-refractivity contribution < 1.29 is 4.74 Å². The Kier molecular flexibility index (Phi) is 16.9. The number of hydrogen-bond acceptors (Lipinski definition) is 2. The zero-order chi connectivity index (χ0) is 14.9. The Morgan fingerprint density at radius 2 is 1.30 bits per heavy atom. The lowest BCUT2D eigenvalue weighted by Gasteiger charge is -2.17. The maximum atomic E-state index is 5.28. The standard InChI is InChI=1S/C18H39NO/c1-4-6-7-8-9-10-11-12-13-14-15-18(17-20-3)19-16-5-2/h18-19H,4-17H2,1-3H3. The van der Waals surface area contributed by atoms with Gasteiger partial charge in [0.05, 0.1) is 6.61 Å². The van der Waals surface area contributed by atoms with Gasteiger partial charge in [0, 0.05) is 13.2 Å². The minimum Gasteiger partial charge on any atom is -0.383 e. The normalized spacial score (nSPS) is 12.8. The quantitative estimate of drug-likeness (QED) is 0.388. The molecule has 2 nitrogen and oxygen atoms in total. The minimum absolute atomic E-state index is 0.564. The van der Waals surface area contributed by atoms with E-state index in [4.69, 9.17) is 4.74 Å². The van der Waals surface area contributed by atoms with Crippen LogP contribution in [-0.2, 0) is 4.74 Å². The second-order valence-electron chi connectivity index (χ2n) is 6.08. The van der Waals surface area contributed by atoms with Crippen molar-refractivity contribution in [2.75, 3.05) is 20.3 Å². The van der Waals surface area contributed by atoms with Crippen LogP contribution in [0.2, 0.25) is 0 Å². The van der Waals surface area contributed by atoms with Crippen molar-refractivity contribution in [3.05, 3.63) is 0 Å². The van der Waals surface area contributed by atoms with Crippen molar-refractivity contribution in [1.29, 1.82) is 0 Å². The van der Waals surface area contributed by atoms with E-state index in [1.165, 1.54) is 77.0 Å². The van der Waals surface area contributed by atoms with Gasteiger partial charge in [-0.1, -0.05) is 78.1 Å². The predicted octanol–water partition coefficient (Wildman–Crippen LogP) is 5.31. The molecule has 20 heavy (non-hydrogen) atoms. The molecule has 122 valence electrons. The van der Waals surface area contributed by atoms with Gasteiger partial charge in [-0.2, -0.15) is 0 Å². The summed E-state index contributed by atoms with van der Waals surface area (Å²) in [5, 5.41) is 3.58. The average Bonchev–Trinajstić information content (AvgIpc) is 2.46. The molecule has 0 radical (unpaired) electrons. The summed E-state index contributed by atoms with van der Waals surface area (Å²) >= 11 is 0. The molecule has 2 heteroatoms. The first-order valence-corrected chi connectivity index (χ1v) is 9.07. The first-order valence-electron chi connectivity index (χ1n) is 9.07. The Balaban J connectivity index is 3.27. The molecule has 0 heterocycles. The topological polar surface area (TPSA) is 21.3 Å². The Morgan fingerprint density at radius 1 is 0.750 bits per heavy atom. The van der Waals surface area contributed by atoms with Crippen LogP contribution in [-0.4, -0.2) is 26.3 Å². The summed E-state index contributed by atoms with van der Waals surface area (Å²) in [5.74, 6) is 0. The second kappa shape index (κ2) is 17.0. The van der Waals surface area contributed by atoms with Crippen LogP contribution in [0.15, 0.2) is 0 Å². The summed E-state index contributed by atoms with van der Waals surface area (Å²) in [5.41, 5.74) is 0. The lowest BCUT2D eigenvalue weighted by Crippen LogP contribution is -2.33. The molecule has 0 aromatic carbocycles. The third-order valence-electron chi connectivity index (χ3n) is 3.96. The highest BCUT2D eigenvalue weighted by molar-refractivity contribution is 4.65. The summed E-state index contributed by atoms with van der Waals surface area (Å²) in [6.07, 6.45) is 16.6. The Hall–Kier alpha value is -0.0800. The van der Waals surface area contributed by atoms with Crippen molar-refractivity contribution >= 4 is 0 Å². The molecule has 1 N–H and O–H groups in total. The van der Waals surface area contributed by atoms with Crippen LogP contribution in [0.1, 0.15) is 90.9 Å². The van der Waals surface area contributed by atoms with Crippen molar-refractivity contribution in [1.82, 2.24) is 5.32 Å². The Labute approximate surface area is 128 Å². The van der Waals surface area contributed by atoms with Crippen molar-refractivity contribution in [2.45, 2.75) is 96.9 Å². The number of nitrogens with one attached hydrogen (secondary N) is 1. The predicted molar refractivity (Wildman–Crippen MR) is 90.4 cm³/mol. The molecule has 0 fully saturated rings. The van der Waals surface area contributed by atoms with Crippen molar-refractivity contribution in [3.63, 3.8) is 0 Å². The van der Waals surface area contributed by atoms with E-state index >= 15 is 0 Å². The van der Waals surface area contributed by atoms with Gasteiger partial charge in [0.25, 0.3) is 0 Å². The number of rotatable bonds is 16. The van der Waals surface area contributed by atoms with Crippen LogP contribution in [0.25, 0.3) is 0 Å². The largest absolute Gasteiger partial charge is 0.383 e. The smallest absolute Gasteiger partial charge is 0.0615 e. The number of ether oxygens (including phenoxy) is 1. The van der Waals surface area contributed by atoms with Crippen molar-refractivity contribution in [2.24, 2.45) is 0 Å². The van der Waals surface area contributed by atoms with Crippen LogP contribution >= 0.6 is 0 Å². The van der Waals surface area contributed by atoms with Gasteiger partial charge in [0.1, 0.15) is 0 Å². The van der Waals surface area contributed by atoms with E-state index in [1.807, 2.05) is 0 Å². The zero-order valence-corrected chi connectivity index (χ0v) is 14.4. The highest BCUT2D eigenvalue weighted by atomic mass is 16.5. The lowest BCUT2D eigenvalue weighted by molar-refractivity contribution is 0.161. The Bertz CT molecular complexity index is 173. The molecular formula is C18H39NO. The van der Waals surface area contributed by atoms with Gasteiger partial charge in [0.2, 0.25) is 0 Å². The third kappa shape index (κ3) is 14.3. The number of hydrogen-bond donors (Lipinski definition) is 1. The molecule has 0 aliphatic rings. The highest BCUT2D eigenvalue weighted by Gasteiger charge is 2.06. The van der Waals surface area contributed by atoms with Crippen LogP contribution < -0.4 is 5.32 Å². The SMILES string of the molecule is CCCCCCCCCCCCC(COC)NCCC. The van der Waals surface area contributed by atoms with Gasteiger partial charge in [-0.15, -0.1) is 0 Å². The van der Waals surface area contributed by atoms with Crippen LogP contribution in [0.5, 0.6) is 0 Å². The molecule has 0 rings (SSSR count). The van der Waals surface area contributed by atoms with Crippen LogP contribution in [0, 0.1) is 0 Å². The molecule has 0 aliphatic heterocycles. The van der Waals surface area contributed by atoms with Gasteiger partial charge >= 0.3 is 0 Å². The summed E-state index contributed by atoms with van der Waals surface area (Å²) in [4.78, 5) is 0. The van der Waals surface area contributed by atoms with E-state index in [0.717, 1.165) is 13.2 Å². The van der Waals surface area contributed by atoms with Gasteiger partial charge in [0.15, 0.2) is 0 Å². The molecule has 1 atom stereocenters. The van der Waals surface area contributed by atoms with Gasteiger partial charge in [-0.3, -0.25) is 0 Å². The average molecular weight is 286 g/mol. The van der Waals surface area contributed by atoms with Gasteiger partial charge in [-0.25, -0.2) is 0 Å². The molecule has 1 unspecified atom stereocenters. The minimum atomic E-state index is 0.564. The molecular weight excluding hydrogens is 246 g/mol. The van der Waals surface area contributed by atoms with Gasteiger partial charge in [-0.05, 0) is 19.4 Å². The summed E-state index contributed by atoms with van der Waals surface area (Å²) in [6, 6.07) is 0.564. The molecule has 0 bridgehead atoms. The molecule has 0 amide bonds. The Morgan fingerprint density at radius 3 is 1.80 bits per heavy atom. The fourth-order valence-electron chi connectivity index (χ4n) is 2.67. The van der Waals surface area contributed by atoms with E-state index < -0.39 is 0 Å². The molecule has 0 aliphatic carbocycles. The van der Waals surface area contributed by atoms with Crippen LogP contribution in [0.4, 0.5) is 0 Å². The van der Waals surface area contributed by atoms with E-state index in [9.17, 15) is 0 Å². The first-order chi connectivity index (χ1) is 9.85. The molecule has 0 spiro atoms. The molecule has 0 saturated carbocycles. The third-order valence-corrected chi connectivity index (χ3v) is 3.96. The number of unbranched alkanes of at least 4 members (excludes halogenated alkanes) is 9. The highest BCUT2D eigenvalue weighted by Crippen LogP contribution is 2.12. The maximum absolute atomic E-state index is 5.28. The molecule has 0 aromatic rings. The maximum Gasteiger partial charge on any atom is 0.0615 e. The lowest BCUT2D eigenvalue weighted by atomic mass is 10.0. The summed E-state index contributed by atoms with van der Waals surface area (Å²) in [6.45, 7) is 6.48. The number of methoxy groups -OCH3 is 1. The van der Waals surface area contributed by atoms with E-state index in [0.29, 0.717) is 6.04 Å².